The van der Waals surface area contributed by atoms with Gasteiger partial charge in [0.05, 0.1) is 23.8 Å². The predicted octanol–water partition coefficient (Wildman–Crippen LogP) is 4.50. The van der Waals surface area contributed by atoms with Crippen LogP contribution >= 0.6 is 0 Å². The first-order valence-corrected chi connectivity index (χ1v) is 14.4. The summed E-state index contributed by atoms with van der Waals surface area (Å²) < 4.78 is 38.2. The Balaban J connectivity index is 1.17. The third-order valence-electron chi connectivity index (χ3n) is 8.26. The molecule has 1 unspecified atom stereocenters. The van der Waals surface area contributed by atoms with E-state index in [1.165, 1.54) is 29.3 Å². The normalized spacial score (nSPS) is 18.6. The summed E-state index contributed by atoms with van der Waals surface area (Å²) in [6, 6.07) is 16.7. The highest BCUT2D eigenvalue weighted by Gasteiger charge is 2.40. The van der Waals surface area contributed by atoms with Crippen molar-refractivity contribution in [2.24, 2.45) is 0 Å². The molecule has 1 saturated heterocycles. The summed E-state index contributed by atoms with van der Waals surface area (Å²) in [5, 5.41) is 7.99. The number of nitrogens with one attached hydrogen (secondary N) is 1. The molecule has 1 amide bonds. The van der Waals surface area contributed by atoms with Crippen LogP contribution in [-0.4, -0.2) is 60.3 Å². The van der Waals surface area contributed by atoms with Crippen LogP contribution in [0.2, 0.25) is 0 Å². The second kappa shape index (κ2) is 10.4. The number of aromatic nitrogens is 6. The van der Waals surface area contributed by atoms with Gasteiger partial charge in [-0.15, -0.1) is 0 Å². The van der Waals surface area contributed by atoms with E-state index in [0.29, 0.717) is 42.1 Å². The van der Waals surface area contributed by atoms with Crippen LogP contribution in [0.4, 0.5) is 14.6 Å². The number of aryl methyl sites for hydroxylation is 1. The first-order valence-electron chi connectivity index (χ1n) is 14.4. The maximum atomic E-state index is 14.7. The number of fused-ring (bicyclic) bond motifs is 6. The van der Waals surface area contributed by atoms with Crippen molar-refractivity contribution in [3.63, 3.8) is 0 Å². The number of ether oxygens (including phenoxy) is 1. The van der Waals surface area contributed by atoms with Gasteiger partial charge in [-0.2, -0.15) is 5.10 Å². The van der Waals surface area contributed by atoms with Crippen LogP contribution in [0.5, 0.6) is 5.75 Å². The van der Waals surface area contributed by atoms with Gasteiger partial charge in [-0.25, -0.2) is 28.4 Å². The summed E-state index contributed by atoms with van der Waals surface area (Å²) in [5.74, 6) is -0.414. The van der Waals surface area contributed by atoms with Gasteiger partial charge in [0.1, 0.15) is 47.2 Å². The van der Waals surface area contributed by atoms with Gasteiger partial charge in [0.2, 0.25) is 5.91 Å². The van der Waals surface area contributed by atoms with Crippen LogP contribution in [0.3, 0.4) is 0 Å². The zero-order chi connectivity index (χ0) is 29.8. The second-order valence-electron chi connectivity index (χ2n) is 11.0. The van der Waals surface area contributed by atoms with Crippen molar-refractivity contribution < 1.29 is 18.3 Å². The number of nitrogens with zero attached hydrogens (tertiary/aromatic N) is 7. The highest BCUT2D eigenvalue weighted by molar-refractivity contribution is 5.92. The lowest BCUT2D eigenvalue weighted by Gasteiger charge is -2.25. The Morgan fingerprint density at radius 2 is 1.89 bits per heavy atom. The van der Waals surface area contributed by atoms with Crippen LogP contribution < -0.4 is 15.0 Å². The van der Waals surface area contributed by atoms with E-state index in [-0.39, 0.29) is 17.7 Å². The van der Waals surface area contributed by atoms with Crippen molar-refractivity contribution in [2.45, 2.75) is 31.4 Å². The molecule has 6 heterocycles. The van der Waals surface area contributed by atoms with Gasteiger partial charge >= 0.3 is 0 Å². The molecular weight excluding hydrogens is 566 g/mol. The molecule has 0 aliphatic carbocycles. The molecule has 10 nitrogen and oxygen atoms in total. The number of pyridine rings is 1. The van der Waals surface area contributed by atoms with Gasteiger partial charge in [-0.3, -0.25) is 9.20 Å². The molecule has 2 atom stereocenters. The molecule has 12 heteroatoms. The van der Waals surface area contributed by atoms with E-state index < -0.39 is 17.7 Å². The number of benzene rings is 2. The molecule has 2 aromatic carbocycles. The third-order valence-corrected chi connectivity index (χ3v) is 8.26. The average molecular weight is 593 g/mol. The molecule has 4 aromatic heterocycles. The smallest absolute Gasteiger partial charge is 0.242 e. The van der Waals surface area contributed by atoms with Crippen LogP contribution in [0.15, 0.2) is 79.4 Å². The lowest BCUT2D eigenvalue weighted by Crippen LogP contribution is -2.44. The van der Waals surface area contributed by atoms with Crippen LogP contribution in [0.1, 0.15) is 18.5 Å². The largest absolute Gasteiger partial charge is 0.488 e. The predicted molar refractivity (Wildman–Crippen MR) is 159 cm³/mol. The van der Waals surface area contributed by atoms with Crippen molar-refractivity contribution in [3.8, 4) is 22.7 Å². The van der Waals surface area contributed by atoms with Crippen molar-refractivity contribution in [3.05, 3.63) is 96.7 Å². The number of halogens is 2. The fourth-order valence-electron chi connectivity index (χ4n) is 6.28. The van der Waals surface area contributed by atoms with E-state index in [0.717, 1.165) is 41.5 Å². The maximum Gasteiger partial charge on any atom is 0.242 e. The number of imidazole rings is 1. The van der Waals surface area contributed by atoms with Crippen molar-refractivity contribution in [2.75, 3.05) is 18.0 Å². The number of anilines is 1. The highest BCUT2D eigenvalue weighted by atomic mass is 19.1. The Hall–Kier alpha value is -5.39. The summed E-state index contributed by atoms with van der Waals surface area (Å²) in [7, 11) is 0. The van der Waals surface area contributed by atoms with Crippen LogP contribution in [0.25, 0.3) is 33.6 Å². The molecule has 1 fully saturated rings. The fourth-order valence-corrected chi connectivity index (χ4v) is 6.28. The van der Waals surface area contributed by atoms with Gasteiger partial charge < -0.3 is 15.0 Å². The van der Waals surface area contributed by atoms with Gasteiger partial charge in [0.25, 0.3) is 0 Å². The number of hydrogen-bond donors (Lipinski definition) is 1. The zero-order valence-corrected chi connectivity index (χ0v) is 23.4. The van der Waals surface area contributed by atoms with E-state index >= 15 is 0 Å². The Morgan fingerprint density at radius 3 is 2.80 bits per heavy atom. The minimum absolute atomic E-state index is 0.0568. The molecule has 6 aromatic rings. The quantitative estimate of drug-likeness (QED) is 0.316. The molecule has 2 aliphatic heterocycles. The number of hydrogen-bond acceptors (Lipinski definition) is 7. The number of rotatable bonds is 2. The van der Waals surface area contributed by atoms with Gasteiger partial charge in [-0.1, -0.05) is 18.2 Å². The zero-order valence-electron chi connectivity index (χ0n) is 23.4. The summed E-state index contributed by atoms with van der Waals surface area (Å²) in [6.45, 7) is 0.866. The number of carbonyl (C=O) groups is 1. The average Bonchev–Trinajstić information content (AvgIpc) is 3.76. The topological polar surface area (TPSA) is 102 Å². The molecule has 44 heavy (non-hydrogen) atoms. The fraction of sp³-hybridized carbons (Fsp3) is 0.219. The summed E-state index contributed by atoms with van der Waals surface area (Å²) in [4.78, 5) is 29.1. The van der Waals surface area contributed by atoms with Gasteiger partial charge in [0, 0.05) is 36.5 Å². The maximum absolute atomic E-state index is 14.7. The first-order chi connectivity index (χ1) is 21.5. The van der Waals surface area contributed by atoms with Gasteiger partial charge in [0.15, 0.2) is 11.5 Å². The molecule has 0 radical (unpaired) electrons. The summed E-state index contributed by atoms with van der Waals surface area (Å²) in [6.07, 6.45) is 6.37. The Morgan fingerprint density at radius 1 is 0.977 bits per heavy atom. The van der Waals surface area contributed by atoms with E-state index in [1.54, 1.807) is 0 Å². The summed E-state index contributed by atoms with van der Waals surface area (Å²) >= 11 is 0. The van der Waals surface area contributed by atoms with Crippen LogP contribution in [-0.2, 0) is 11.2 Å². The van der Waals surface area contributed by atoms with Crippen molar-refractivity contribution in [1.29, 1.82) is 0 Å². The van der Waals surface area contributed by atoms with Crippen molar-refractivity contribution >= 4 is 28.4 Å². The number of amides is 1. The van der Waals surface area contributed by atoms with E-state index in [1.807, 2.05) is 41.4 Å². The number of carbonyl (C=O) groups excluding carboxylic acids is 1. The molecule has 0 saturated carbocycles. The Labute approximate surface area is 249 Å². The molecular formula is C32H26F2N8O2. The SMILES string of the molecule is O=C1NCCCc2cnc3cccc(n23)-c2cccc(c2)OC2C[C@@H]1N(c1ncnc3c1cnn3-c1ccc(F)cc1F)C2. The standard InChI is InChI=1S/C32H26F2N8O2/c33-20-9-10-27(25(34)13-20)42-31-24(16-39-42)30(37-18-38-31)40-17-23-14-28(40)32(43)35-11-3-5-21-15-36-29-8-2-7-26(41(21)29)19-4-1-6-22(12-19)44-23/h1-2,4,6-10,12-13,15-16,18,23,28H,3,5,11,14,17H2,(H,35,43)/t23?,28-/m0/s1. The summed E-state index contributed by atoms with van der Waals surface area (Å²) in [5.41, 5.74) is 4.34. The second-order valence-corrected chi connectivity index (χ2v) is 11.0. The van der Waals surface area contributed by atoms with E-state index in [4.69, 9.17) is 4.74 Å². The Kier molecular flexibility index (Phi) is 6.21. The van der Waals surface area contributed by atoms with E-state index in [2.05, 4.69) is 41.9 Å². The monoisotopic (exact) mass is 592 g/mol. The molecule has 1 N–H and O–H groups in total. The Bertz CT molecular complexity index is 2060. The van der Waals surface area contributed by atoms with Gasteiger partial charge in [-0.05, 0) is 49.2 Å². The highest BCUT2D eigenvalue weighted by Crippen LogP contribution is 2.34. The molecule has 0 spiro atoms. The lowest BCUT2D eigenvalue weighted by atomic mass is 10.1. The molecule has 220 valence electrons. The first kappa shape index (κ1) is 26.3. The molecule has 8 rings (SSSR count). The molecule has 4 bridgehead atoms. The van der Waals surface area contributed by atoms with Crippen LogP contribution in [0, 0.1) is 11.6 Å². The minimum atomic E-state index is -0.767. The lowest BCUT2D eigenvalue weighted by molar-refractivity contribution is -0.122. The van der Waals surface area contributed by atoms with E-state index in [9.17, 15) is 13.6 Å². The minimum Gasteiger partial charge on any atom is -0.488 e. The third kappa shape index (κ3) is 4.41. The van der Waals surface area contributed by atoms with Crippen molar-refractivity contribution in [1.82, 2.24) is 34.4 Å². The molecule has 2 aliphatic rings.